The van der Waals surface area contributed by atoms with Gasteiger partial charge in [0, 0.05) is 43.1 Å². The third kappa shape index (κ3) is 5.37. The molecule has 186 valence electrons. The van der Waals surface area contributed by atoms with E-state index in [1.807, 2.05) is 13.0 Å². The number of carbonyl (C=O) groups excluding carboxylic acids is 2. The van der Waals surface area contributed by atoms with Gasteiger partial charge in [0.1, 0.15) is 5.76 Å². The number of sulfone groups is 1. The largest absolute Gasteiger partial charge is 0.361 e. The second-order valence-corrected chi connectivity index (χ2v) is 11.1. The van der Waals surface area contributed by atoms with E-state index in [0.29, 0.717) is 53.9 Å². The van der Waals surface area contributed by atoms with Crippen molar-refractivity contribution in [3.63, 3.8) is 0 Å². The van der Waals surface area contributed by atoms with E-state index >= 15 is 0 Å². The quantitative estimate of drug-likeness (QED) is 0.457. The van der Waals surface area contributed by atoms with Gasteiger partial charge in [-0.3, -0.25) is 14.6 Å². The number of benzene rings is 1. The Labute approximate surface area is 204 Å². The molecule has 35 heavy (non-hydrogen) atoms. The van der Waals surface area contributed by atoms with Crippen LogP contribution in [-0.2, 0) is 19.4 Å². The molecule has 1 aromatic carbocycles. The molecule has 1 fully saturated rings. The fourth-order valence-corrected chi connectivity index (χ4v) is 6.91. The first-order valence-electron chi connectivity index (χ1n) is 11.7. The van der Waals surface area contributed by atoms with E-state index in [9.17, 15) is 18.0 Å². The molecule has 1 saturated carbocycles. The monoisotopic (exact) mass is 498 g/mol. The van der Waals surface area contributed by atoms with Gasteiger partial charge in [0.15, 0.2) is 9.84 Å². The second-order valence-electron chi connectivity index (χ2n) is 9.10. The fourth-order valence-electron chi connectivity index (χ4n) is 4.95. The van der Waals surface area contributed by atoms with Crippen LogP contribution in [-0.4, -0.2) is 49.2 Å². The number of pyridine rings is 1. The van der Waals surface area contributed by atoms with Gasteiger partial charge in [0.2, 0.25) is 11.8 Å². The fraction of sp³-hybridized carbons (Fsp3) is 0.440. The van der Waals surface area contributed by atoms with E-state index in [1.54, 1.807) is 31.3 Å². The Balaban J connectivity index is 1.62. The molecule has 2 atom stereocenters. The van der Waals surface area contributed by atoms with Crippen molar-refractivity contribution in [2.75, 3.05) is 18.8 Å². The predicted octanol–water partition coefficient (Wildman–Crippen LogP) is 2.95. The van der Waals surface area contributed by atoms with Gasteiger partial charge in [-0.15, -0.1) is 0 Å². The van der Waals surface area contributed by atoms with Crippen molar-refractivity contribution in [3.05, 3.63) is 41.9 Å². The minimum Gasteiger partial charge on any atom is -0.361 e. The first-order valence-corrected chi connectivity index (χ1v) is 13.4. The second kappa shape index (κ2) is 10.2. The molecule has 2 heterocycles. The summed E-state index contributed by atoms with van der Waals surface area (Å²) in [6, 6.07) is 7.00. The molecule has 2 amide bonds. The lowest BCUT2D eigenvalue weighted by molar-refractivity contribution is -0.126. The van der Waals surface area contributed by atoms with Crippen molar-refractivity contribution < 1.29 is 22.5 Å². The van der Waals surface area contributed by atoms with E-state index in [0.717, 1.165) is 12.0 Å². The van der Waals surface area contributed by atoms with Gasteiger partial charge in [0.25, 0.3) is 0 Å². The maximum atomic E-state index is 13.8. The molecule has 0 unspecified atom stereocenters. The van der Waals surface area contributed by atoms with E-state index in [-0.39, 0.29) is 34.3 Å². The van der Waals surface area contributed by atoms with Crippen molar-refractivity contribution in [1.82, 2.24) is 20.8 Å². The van der Waals surface area contributed by atoms with Crippen LogP contribution in [0.3, 0.4) is 0 Å². The number of nitrogens with zero attached hydrogens (tertiary/aromatic N) is 2. The van der Waals surface area contributed by atoms with Crippen molar-refractivity contribution in [3.8, 4) is 11.1 Å². The third-order valence-corrected chi connectivity index (χ3v) is 8.44. The van der Waals surface area contributed by atoms with Crippen LogP contribution in [0.5, 0.6) is 0 Å². The lowest BCUT2D eigenvalue weighted by Gasteiger charge is -2.20. The first kappa shape index (κ1) is 24.8. The van der Waals surface area contributed by atoms with E-state index < -0.39 is 9.84 Å². The zero-order chi connectivity index (χ0) is 25.2. The number of fused-ring (bicyclic) bond motifs is 1. The van der Waals surface area contributed by atoms with Crippen LogP contribution in [0.4, 0.5) is 0 Å². The van der Waals surface area contributed by atoms with Crippen LogP contribution in [0, 0.1) is 25.7 Å². The molecule has 0 aliphatic heterocycles. The predicted molar refractivity (Wildman–Crippen MR) is 131 cm³/mol. The molecule has 1 aliphatic rings. The van der Waals surface area contributed by atoms with Crippen LogP contribution in [0.1, 0.15) is 37.6 Å². The molecule has 10 heteroatoms. The molecule has 2 N–H and O–H groups in total. The normalized spacial score (nSPS) is 18.0. The summed E-state index contributed by atoms with van der Waals surface area (Å²) in [5, 5.41) is 10.0. The van der Waals surface area contributed by atoms with E-state index in [2.05, 4.69) is 20.8 Å². The van der Waals surface area contributed by atoms with Crippen molar-refractivity contribution >= 4 is 32.6 Å². The Morgan fingerprint density at radius 1 is 1.14 bits per heavy atom. The van der Waals surface area contributed by atoms with Gasteiger partial charge in [-0.2, -0.15) is 0 Å². The van der Waals surface area contributed by atoms with Crippen LogP contribution < -0.4 is 10.6 Å². The highest BCUT2D eigenvalue weighted by molar-refractivity contribution is 7.91. The zero-order valence-corrected chi connectivity index (χ0v) is 20.9. The van der Waals surface area contributed by atoms with Gasteiger partial charge < -0.3 is 15.2 Å². The molecule has 3 aromatic rings. The summed E-state index contributed by atoms with van der Waals surface area (Å²) in [7, 11) is -3.74. The third-order valence-electron chi connectivity index (χ3n) is 6.57. The maximum Gasteiger partial charge on any atom is 0.223 e. The Morgan fingerprint density at radius 3 is 2.63 bits per heavy atom. The van der Waals surface area contributed by atoms with Crippen molar-refractivity contribution in [2.45, 2.75) is 44.9 Å². The summed E-state index contributed by atoms with van der Waals surface area (Å²) in [6.45, 7) is 5.67. The molecule has 9 nitrogen and oxygen atoms in total. The van der Waals surface area contributed by atoms with Crippen molar-refractivity contribution in [2.24, 2.45) is 11.8 Å². The molecule has 0 bridgehead atoms. The number of hydrogen-bond acceptors (Lipinski definition) is 7. The number of aromatic nitrogens is 2. The lowest BCUT2D eigenvalue weighted by Crippen LogP contribution is -2.39. The van der Waals surface area contributed by atoms with Crippen LogP contribution in [0.15, 0.2) is 39.9 Å². The molecule has 1 aliphatic carbocycles. The van der Waals surface area contributed by atoms with E-state index in [4.69, 9.17) is 4.52 Å². The molecular formula is C25H30N4O5S. The van der Waals surface area contributed by atoms with Crippen LogP contribution in [0.25, 0.3) is 22.0 Å². The van der Waals surface area contributed by atoms with Crippen molar-refractivity contribution in [1.29, 1.82) is 0 Å². The zero-order valence-electron chi connectivity index (χ0n) is 20.1. The summed E-state index contributed by atoms with van der Waals surface area (Å²) >= 11 is 0. The number of hydrogen-bond donors (Lipinski definition) is 2. The van der Waals surface area contributed by atoms with Crippen LogP contribution in [0.2, 0.25) is 0 Å². The summed E-state index contributed by atoms with van der Waals surface area (Å²) < 4.78 is 32.8. The molecule has 0 radical (unpaired) electrons. The van der Waals surface area contributed by atoms with Gasteiger partial charge in [-0.25, -0.2) is 8.42 Å². The Kier molecular flexibility index (Phi) is 7.20. The highest BCUT2D eigenvalue weighted by Crippen LogP contribution is 2.37. The standard InChI is InChI=1S/C25H30N4O5S/c1-15-24(16(2)34-29-15)19-12-22-21(8-5-9-27-22)23(13-19)35(32,33)14-18-6-4-7-20(18)25(31)28-11-10-26-17(3)30/h5,8-9,12-13,18,20H,4,6-7,10-11,14H2,1-3H3,(H,26,30)(H,28,31)/t18-,20+/m0/s1. The van der Waals surface area contributed by atoms with E-state index in [1.165, 1.54) is 6.92 Å². The smallest absolute Gasteiger partial charge is 0.223 e. The first-order chi connectivity index (χ1) is 16.7. The Bertz CT molecular complexity index is 1350. The Hall–Kier alpha value is -3.27. The molecule has 2 aromatic heterocycles. The number of nitrogens with one attached hydrogen (secondary N) is 2. The van der Waals surface area contributed by atoms with Gasteiger partial charge in [-0.1, -0.05) is 11.6 Å². The number of aryl methyl sites for hydroxylation is 2. The minimum atomic E-state index is -3.74. The number of rotatable bonds is 8. The number of carbonyl (C=O) groups is 2. The van der Waals surface area contributed by atoms with Gasteiger partial charge >= 0.3 is 0 Å². The summed E-state index contributed by atoms with van der Waals surface area (Å²) in [5.74, 6) is -0.500. The lowest BCUT2D eigenvalue weighted by atomic mass is 9.97. The average Bonchev–Trinajstić information content (AvgIpc) is 3.41. The van der Waals surface area contributed by atoms with Gasteiger partial charge in [-0.05, 0) is 62.4 Å². The minimum absolute atomic E-state index is 0.119. The van der Waals surface area contributed by atoms with Gasteiger partial charge in [0.05, 0.1) is 21.9 Å². The highest BCUT2D eigenvalue weighted by Gasteiger charge is 2.37. The average molecular weight is 499 g/mol. The summed E-state index contributed by atoms with van der Waals surface area (Å²) in [4.78, 5) is 28.4. The highest BCUT2D eigenvalue weighted by atomic mass is 32.2. The number of amides is 2. The SMILES string of the molecule is CC(=O)NCCNC(=O)[C@@H]1CCC[C@H]1CS(=O)(=O)c1cc(-c2c(C)noc2C)cc2ncccc12. The summed E-state index contributed by atoms with van der Waals surface area (Å²) in [5.41, 5.74) is 2.69. The Morgan fingerprint density at radius 2 is 1.91 bits per heavy atom. The molecule has 0 saturated heterocycles. The molecule has 4 rings (SSSR count). The maximum absolute atomic E-state index is 13.8. The summed E-state index contributed by atoms with van der Waals surface area (Å²) in [6.07, 6.45) is 3.75. The van der Waals surface area contributed by atoms with Crippen LogP contribution >= 0.6 is 0 Å². The molecule has 0 spiro atoms. The topological polar surface area (TPSA) is 131 Å². The molecular weight excluding hydrogens is 468 g/mol.